The Morgan fingerprint density at radius 1 is 1.14 bits per heavy atom. The molecule has 22 heavy (non-hydrogen) atoms. The van der Waals surface area contributed by atoms with Crippen LogP contribution in [0.15, 0.2) is 0 Å². The number of hydrogen-bond acceptors (Lipinski definition) is 3. The van der Waals surface area contributed by atoms with E-state index in [0.29, 0.717) is 25.0 Å². The Balaban J connectivity index is 1.61. The van der Waals surface area contributed by atoms with Crippen molar-refractivity contribution in [3.05, 3.63) is 0 Å². The highest BCUT2D eigenvalue weighted by Crippen LogP contribution is 2.26. The summed E-state index contributed by atoms with van der Waals surface area (Å²) < 4.78 is 0. The van der Waals surface area contributed by atoms with E-state index in [2.05, 4.69) is 29.5 Å². The number of rotatable bonds is 8. The Bertz CT molecular complexity index is 389. The molecule has 0 bridgehead atoms. The summed E-state index contributed by atoms with van der Waals surface area (Å²) in [5.41, 5.74) is 0. The molecule has 0 aromatic carbocycles. The van der Waals surface area contributed by atoms with E-state index in [4.69, 9.17) is 0 Å². The molecule has 2 fully saturated rings. The lowest BCUT2D eigenvalue weighted by Gasteiger charge is -2.25. The predicted octanol–water partition coefficient (Wildman–Crippen LogP) is 1.67. The molecular formula is C17H31N3O2. The number of nitrogens with zero attached hydrogens (tertiary/aromatic N) is 1. The van der Waals surface area contributed by atoms with Crippen molar-refractivity contribution >= 4 is 11.8 Å². The summed E-state index contributed by atoms with van der Waals surface area (Å²) in [7, 11) is 2.12. The average Bonchev–Trinajstić information content (AvgIpc) is 3.17. The van der Waals surface area contributed by atoms with E-state index in [1.807, 2.05) is 6.92 Å². The summed E-state index contributed by atoms with van der Waals surface area (Å²) >= 11 is 0. The maximum atomic E-state index is 12.0. The molecule has 0 aromatic heterocycles. The molecule has 0 aromatic rings. The van der Waals surface area contributed by atoms with E-state index in [9.17, 15) is 9.59 Å². The van der Waals surface area contributed by atoms with Crippen LogP contribution in [0.3, 0.4) is 0 Å². The number of hydrogen-bond donors (Lipinski definition) is 2. The number of carbonyl (C=O) groups is 2. The summed E-state index contributed by atoms with van der Waals surface area (Å²) in [6.07, 6.45) is 7.21. The molecule has 2 amide bonds. The maximum Gasteiger partial charge on any atom is 0.223 e. The largest absolute Gasteiger partial charge is 0.354 e. The Morgan fingerprint density at radius 2 is 1.77 bits per heavy atom. The van der Waals surface area contributed by atoms with Gasteiger partial charge in [0.1, 0.15) is 0 Å². The fourth-order valence-corrected chi connectivity index (χ4v) is 3.20. The summed E-state index contributed by atoms with van der Waals surface area (Å²) in [6.45, 7) is 4.73. The molecule has 2 N–H and O–H groups in total. The summed E-state index contributed by atoms with van der Waals surface area (Å²) in [5.74, 6) is 0.313. The summed E-state index contributed by atoms with van der Waals surface area (Å²) in [4.78, 5) is 26.4. The van der Waals surface area contributed by atoms with Crippen molar-refractivity contribution in [1.29, 1.82) is 0 Å². The fraction of sp³-hybridized carbons (Fsp3) is 0.882. The van der Waals surface area contributed by atoms with Crippen LogP contribution in [0.2, 0.25) is 0 Å². The zero-order valence-corrected chi connectivity index (χ0v) is 14.2. The first-order chi connectivity index (χ1) is 10.5. The third kappa shape index (κ3) is 5.27. The molecular weight excluding hydrogens is 278 g/mol. The number of likely N-dealkylation sites (N-methyl/N-ethyl adjacent to an activating group) is 1. The van der Waals surface area contributed by atoms with Crippen LogP contribution in [0.4, 0.5) is 0 Å². The molecule has 0 spiro atoms. The topological polar surface area (TPSA) is 61.4 Å². The van der Waals surface area contributed by atoms with Crippen LogP contribution < -0.4 is 10.6 Å². The van der Waals surface area contributed by atoms with Gasteiger partial charge in [-0.1, -0.05) is 12.8 Å². The highest BCUT2D eigenvalue weighted by Gasteiger charge is 2.29. The Hall–Kier alpha value is -1.10. The van der Waals surface area contributed by atoms with Gasteiger partial charge in [-0.05, 0) is 46.6 Å². The van der Waals surface area contributed by atoms with Crippen molar-refractivity contribution in [3.8, 4) is 0 Å². The minimum atomic E-state index is -0.0930. The van der Waals surface area contributed by atoms with Crippen molar-refractivity contribution in [2.75, 3.05) is 13.6 Å². The van der Waals surface area contributed by atoms with Crippen molar-refractivity contribution in [2.24, 2.45) is 5.92 Å². The van der Waals surface area contributed by atoms with Gasteiger partial charge in [0, 0.05) is 37.0 Å². The molecule has 5 heteroatoms. The van der Waals surface area contributed by atoms with Gasteiger partial charge >= 0.3 is 0 Å². The quantitative estimate of drug-likeness (QED) is 0.717. The molecule has 0 heterocycles. The minimum absolute atomic E-state index is 0.0234. The predicted molar refractivity (Wildman–Crippen MR) is 87.4 cm³/mol. The highest BCUT2D eigenvalue weighted by atomic mass is 16.2. The van der Waals surface area contributed by atoms with Gasteiger partial charge in [0.2, 0.25) is 11.8 Å². The average molecular weight is 309 g/mol. The second-order valence-electron chi connectivity index (χ2n) is 7.14. The fourth-order valence-electron chi connectivity index (χ4n) is 3.20. The SMILES string of the molecule is CC(CC(=O)NCC(C)N(C)C1CC1)NC(=O)C1CCCC1. The van der Waals surface area contributed by atoms with Crippen LogP contribution in [0, 0.1) is 5.92 Å². The lowest BCUT2D eigenvalue weighted by Crippen LogP contribution is -2.43. The number of nitrogens with one attached hydrogen (secondary N) is 2. The van der Waals surface area contributed by atoms with Crippen LogP contribution in [-0.4, -0.2) is 48.4 Å². The molecule has 2 aliphatic carbocycles. The normalized spacial score (nSPS) is 21.6. The molecule has 126 valence electrons. The third-order valence-corrected chi connectivity index (χ3v) is 5.02. The van der Waals surface area contributed by atoms with Crippen molar-refractivity contribution in [2.45, 2.75) is 76.9 Å². The number of carbonyl (C=O) groups excluding carboxylic acids is 2. The van der Waals surface area contributed by atoms with E-state index in [1.54, 1.807) is 0 Å². The zero-order valence-electron chi connectivity index (χ0n) is 14.2. The highest BCUT2D eigenvalue weighted by molar-refractivity contribution is 5.81. The minimum Gasteiger partial charge on any atom is -0.354 e. The van der Waals surface area contributed by atoms with E-state index < -0.39 is 0 Å². The Kier molecular flexibility index (Phi) is 6.24. The number of amides is 2. The van der Waals surface area contributed by atoms with Gasteiger partial charge in [0.05, 0.1) is 0 Å². The lowest BCUT2D eigenvalue weighted by molar-refractivity contribution is -0.126. The first kappa shape index (κ1) is 17.3. The van der Waals surface area contributed by atoms with Gasteiger partial charge in [0.15, 0.2) is 0 Å². The first-order valence-corrected chi connectivity index (χ1v) is 8.76. The molecule has 5 nitrogen and oxygen atoms in total. The van der Waals surface area contributed by atoms with E-state index in [0.717, 1.165) is 25.7 Å². The molecule has 2 aliphatic rings. The monoisotopic (exact) mass is 309 g/mol. The van der Waals surface area contributed by atoms with Gasteiger partial charge in [-0.15, -0.1) is 0 Å². The molecule has 0 radical (unpaired) electrons. The van der Waals surface area contributed by atoms with Crippen LogP contribution in [0.25, 0.3) is 0 Å². The standard InChI is InChI=1S/C17H31N3O2/c1-12(19-17(22)14-6-4-5-7-14)10-16(21)18-11-13(2)20(3)15-8-9-15/h12-15H,4-11H2,1-3H3,(H,18,21)(H,19,22). The zero-order chi connectivity index (χ0) is 16.1. The van der Waals surface area contributed by atoms with Gasteiger partial charge in [-0.2, -0.15) is 0 Å². The Labute approximate surface area is 134 Å². The molecule has 2 unspecified atom stereocenters. The van der Waals surface area contributed by atoms with Gasteiger partial charge in [-0.3, -0.25) is 14.5 Å². The van der Waals surface area contributed by atoms with Crippen LogP contribution in [-0.2, 0) is 9.59 Å². The molecule has 0 saturated heterocycles. The molecule has 2 saturated carbocycles. The molecule has 2 rings (SSSR count). The van der Waals surface area contributed by atoms with E-state index >= 15 is 0 Å². The van der Waals surface area contributed by atoms with Crippen LogP contribution in [0.5, 0.6) is 0 Å². The van der Waals surface area contributed by atoms with Crippen molar-refractivity contribution in [1.82, 2.24) is 15.5 Å². The van der Waals surface area contributed by atoms with Gasteiger partial charge in [0.25, 0.3) is 0 Å². The first-order valence-electron chi connectivity index (χ1n) is 8.76. The Morgan fingerprint density at radius 3 is 2.36 bits per heavy atom. The summed E-state index contributed by atoms with van der Waals surface area (Å²) in [5, 5.41) is 5.97. The molecule has 2 atom stereocenters. The smallest absolute Gasteiger partial charge is 0.223 e. The van der Waals surface area contributed by atoms with Crippen molar-refractivity contribution < 1.29 is 9.59 Å². The van der Waals surface area contributed by atoms with E-state index in [1.165, 1.54) is 12.8 Å². The van der Waals surface area contributed by atoms with E-state index in [-0.39, 0.29) is 23.8 Å². The summed E-state index contributed by atoms with van der Waals surface area (Å²) in [6, 6.07) is 0.973. The second-order valence-corrected chi connectivity index (χ2v) is 7.14. The molecule has 0 aliphatic heterocycles. The van der Waals surface area contributed by atoms with Crippen LogP contribution >= 0.6 is 0 Å². The van der Waals surface area contributed by atoms with Crippen LogP contribution in [0.1, 0.15) is 58.8 Å². The lowest BCUT2D eigenvalue weighted by atomic mass is 10.1. The van der Waals surface area contributed by atoms with Crippen molar-refractivity contribution in [3.63, 3.8) is 0 Å². The third-order valence-electron chi connectivity index (χ3n) is 5.02. The van der Waals surface area contributed by atoms with Gasteiger partial charge in [-0.25, -0.2) is 0 Å². The maximum absolute atomic E-state index is 12.0. The van der Waals surface area contributed by atoms with Gasteiger partial charge < -0.3 is 10.6 Å². The second kappa shape index (κ2) is 7.95.